The van der Waals surface area contributed by atoms with E-state index in [4.69, 9.17) is 34.8 Å². The van der Waals surface area contributed by atoms with Crippen LogP contribution in [-0.4, -0.2) is 29.3 Å². The molecule has 0 saturated carbocycles. The SMILES string of the molecule is CC(C)CNC(=O)C(Cc1ccccc1)N(Cc1ccc(Cl)c(Cl)c1)C(=O)Cc1cccc(Cl)c1. The van der Waals surface area contributed by atoms with Crippen LogP contribution in [0, 0.1) is 5.92 Å². The summed E-state index contributed by atoms with van der Waals surface area (Å²) in [5.74, 6) is -0.0944. The van der Waals surface area contributed by atoms with Gasteiger partial charge in [-0.15, -0.1) is 0 Å². The fraction of sp³-hybridized carbons (Fsp3) is 0.286. The lowest BCUT2D eigenvalue weighted by atomic mass is 10.0. The number of amides is 2. The second-order valence-corrected chi connectivity index (χ2v) is 10.2. The first-order valence-electron chi connectivity index (χ1n) is 11.5. The highest BCUT2D eigenvalue weighted by molar-refractivity contribution is 6.42. The summed E-state index contributed by atoms with van der Waals surface area (Å²) >= 11 is 18.5. The smallest absolute Gasteiger partial charge is 0.243 e. The second kappa shape index (κ2) is 13.0. The second-order valence-electron chi connectivity index (χ2n) is 8.92. The van der Waals surface area contributed by atoms with Crippen LogP contribution in [0.1, 0.15) is 30.5 Å². The van der Waals surface area contributed by atoms with E-state index in [1.165, 1.54) is 0 Å². The van der Waals surface area contributed by atoms with E-state index in [0.717, 1.165) is 16.7 Å². The van der Waals surface area contributed by atoms with Gasteiger partial charge in [-0.1, -0.05) is 97.2 Å². The molecule has 7 heteroatoms. The molecule has 3 aromatic rings. The predicted octanol–water partition coefficient (Wildman–Crippen LogP) is 6.60. The third kappa shape index (κ3) is 8.28. The van der Waals surface area contributed by atoms with Gasteiger partial charge in [0.2, 0.25) is 11.8 Å². The summed E-state index contributed by atoms with van der Waals surface area (Å²) in [4.78, 5) is 28.8. The summed E-state index contributed by atoms with van der Waals surface area (Å²) < 4.78 is 0. The highest BCUT2D eigenvalue weighted by atomic mass is 35.5. The van der Waals surface area contributed by atoms with E-state index >= 15 is 0 Å². The maximum absolute atomic E-state index is 13.7. The van der Waals surface area contributed by atoms with Crippen LogP contribution in [0.5, 0.6) is 0 Å². The lowest BCUT2D eigenvalue weighted by Crippen LogP contribution is -2.51. The minimum absolute atomic E-state index is 0.116. The first kappa shape index (κ1) is 27.1. The van der Waals surface area contributed by atoms with Crippen LogP contribution in [0.3, 0.4) is 0 Å². The number of hydrogen-bond acceptors (Lipinski definition) is 2. The van der Waals surface area contributed by atoms with E-state index in [9.17, 15) is 9.59 Å². The monoisotopic (exact) mass is 530 g/mol. The third-order valence-corrected chi connectivity index (χ3v) is 6.51. The molecule has 0 aliphatic heterocycles. The molecule has 1 atom stereocenters. The molecule has 184 valence electrons. The molecule has 0 aliphatic carbocycles. The molecule has 4 nitrogen and oxygen atoms in total. The molecule has 0 aromatic heterocycles. The van der Waals surface area contributed by atoms with Crippen molar-refractivity contribution in [1.29, 1.82) is 0 Å². The molecular formula is C28H29Cl3N2O2. The Morgan fingerprint density at radius 3 is 2.20 bits per heavy atom. The maximum atomic E-state index is 13.7. The van der Waals surface area contributed by atoms with Gasteiger partial charge in [0.25, 0.3) is 0 Å². The van der Waals surface area contributed by atoms with Crippen molar-refractivity contribution in [1.82, 2.24) is 10.2 Å². The molecule has 0 saturated heterocycles. The Bertz CT molecular complexity index is 1150. The van der Waals surface area contributed by atoms with Crippen LogP contribution in [0.25, 0.3) is 0 Å². The number of benzene rings is 3. The Balaban J connectivity index is 1.97. The normalized spacial score (nSPS) is 11.8. The summed E-state index contributed by atoms with van der Waals surface area (Å²) in [7, 11) is 0. The van der Waals surface area contributed by atoms with Crippen LogP contribution in [0.2, 0.25) is 15.1 Å². The third-order valence-electron chi connectivity index (χ3n) is 5.54. The van der Waals surface area contributed by atoms with Gasteiger partial charge in [-0.05, 0) is 46.9 Å². The fourth-order valence-electron chi connectivity index (χ4n) is 3.73. The molecule has 35 heavy (non-hydrogen) atoms. The molecule has 2 amide bonds. The number of hydrogen-bond donors (Lipinski definition) is 1. The van der Waals surface area contributed by atoms with E-state index in [2.05, 4.69) is 5.32 Å². The zero-order chi connectivity index (χ0) is 25.4. The first-order valence-corrected chi connectivity index (χ1v) is 12.7. The number of nitrogens with one attached hydrogen (secondary N) is 1. The number of carbonyl (C=O) groups is 2. The average molecular weight is 532 g/mol. The molecule has 1 unspecified atom stereocenters. The molecule has 0 heterocycles. The van der Waals surface area contributed by atoms with E-state index in [0.29, 0.717) is 28.0 Å². The van der Waals surface area contributed by atoms with Crippen molar-refractivity contribution < 1.29 is 9.59 Å². The molecule has 0 aliphatic rings. The Kier molecular flexibility index (Phi) is 10.0. The zero-order valence-electron chi connectivity index (χ0n) is 19.8. The Morgan fingerprint density at radius 2 is 1.54 bits per heavy atom. The number of carbonyl (C=O) groups excluding carboxylic acids is 2. The summed E-state index contributed by atoms with van der Waals surface area (Å²) in [5, 5.41) is 4.40. The van der Waals surface area contributed by atoms with Crippen LogP contribution in [0.4, 0.5) is 0 Å². The minimum atomic E-state index is -0.711. The van der Waals surface area contributed by atoms with Crippen molar-refractivity contribution in [3.05, 3.63) is 105 Å². The van der Waals surface area contributed by atoms with Crippen LogP contribution in [0.15, 0.2) is 72.8 Å². The standard InChI is InChI=1S/C28H29Cl3N2O2/c1-19(2)17-32-28(35)26(15-20-7-4-3-5-8-20)33(18-22-11-12-24(30)25(31)14-22)27(34)16-21-9-6-10-23(29)13-21/h3-14,19,26H,15-18H2,1-2H3,(H,32,35). The zero-order valence-corrected chi connectivity index (χ0v) is 22.1. The number of nitrogens with zero attached hydrogens (tertiary/aromatic N) is 1. The van der Waals surface area contributed by atoms with Gasteiger partial charge in [-0.3, -0.25) is 9.59 Å². The quantitative estimate of drug-likeness (QED) is 0.320. The van der Waals surface area contributed by atoms with Crippen LogP contribution < -0.4 is 5.32 Å². The highest BCUT2D eigenvalue weighted by Crippen LogP contribution is 2.25. The van der Waals surface area contributed by atoms with Gasteiger partial charge in [0.05, 0.1) is 16.5 Å². The van der Waals surface area contributed by atoms with E-state index in [1.54, 1.807) is 29.2 Å². The van der Waals surface area contributed by atoms with Gasteiger partial charge in [-0.2, -0.15) is 0 Å². The maximum Gasteiger partial charge on any atom is 0.243 e. The van der Waals surface area contributed by atoms with E-state index < -0.39 is 6.04 Å². The summed E-state index contributed by atoms with van der Waals surface area (Å²) in [5.41, 5.74) is 2.53. The lowest BCUT2D eigenvalue weighted by Gasteiger charge is -2.32. The lowest BCUT2D eigenvalue weighted by molar-refractivity contribution is -0.140. The van der Waals surface area contributed by atoms with Gasteiger partial charge >= 0.3 is 0 Å². The minimum Gasteiger partial charge on any atom is -0.354 e. The summed E-state index contributed by atoms with van der Waals surface area (Å²) in [6.45, 7) is 4.80. The van der Waals surface area contributed by atoms with Crippen LogP contribution in [-0.2, 0) is 29.0 Å². The summed E-state index contributed by atoms with van der Waals surface area (Å²) in [6.07, 6.45) is 0.498. The van der Waals surface area contributed by atoms with Crippen molar-refractivity contribution in [3.8, 4) is 0 Å². The molecule has 0 spiro atoms. The Labute approximate surface area is 222 Å². The number of halogens is 3. The summed E-state index contributed by atoms with van der Waals surface area (Å²) in [6, 6.07) is 21.4. The predicted molar refractivity (Wildman–Crippen MR) is 144 cm³/mol. The molecule has 0 fully saturated rings. The molecular weight excluding hydrogens is 503 g/mol. The molecule has 0 bridgehead atoms. The van der Waals surface area contributed by atoms with Crippen molar-refractivity contribution in [2.45, 2.75) is 39.3 Å². The van der Waals surface area contributed by atoms with Gasteiger partial charge in [0, 0.05) is 24.5 Å². The Hall–Kier alpha value is -2.53. The molecule has 0 radical (unpaired) electrons. The van der Waals surface area contributed by atoms with Gasteiger partial charge in [-0.25, -0.2) is 0 Å². The van der Waals surface area contributed by atoms with E-state index in [-0.39, 0.29) is 30.7 Å². The van der Waals surface area contributed by atoms with Gasteiger partial charge in [0.1, 0.15) is 6.04 Å². The van der Waals surface area contributed by atoms with Crippen molar-refractivity contribution in [2.75, 3.05) is 6.54 Å². The number of rotatable bonds is 10. The molecule has 3 rings (SSSR count). The van der Waals surface area contributed by atoms with Gasteiger partial charge < -0.3 is 10.2 Å². The van der Waals surface area contributed by atoms with E-state index in [1.807, 2.05) is 62.4 Å². The molecule has 1 N–H and O–H groups in total. The average Bonchev–Trinajstić information content (AvgIpc) is 2.82. The molecule has 3 aromatic carbocycles. The van der Waals surface area contributed by atoms with Crippen molar-refractivity contribution in [3.63, 3.8) is 0 Å². The highest BCUT2D eigenvalue weighted by Gasteiger charge is 2.30. The first-order chi connectivity index (χ1) is 16.7. The topological polar surface area (TPSA) is 49.4 Å². The fourth-order valence-corrected chi connectivity index (χ4v) is 4.27. The van der Waals surface area contributed by atoms with Crippen LogP contribution >= 0.6 is 34.8 Å². The van der Waals surface area contributed by atoms with Crippen molar-refractivity contribution in [2.24, 2.45) is 5.92 Å². The van der Waals surface area contributed by atoms with Crippen molar-refractivity contribution >= 4 is 46.6 Å². The largest absolute Gasteiger partial charge is 0.354 e. The van der Waals surface area contributed by atoms with Gasteiger partial charge in [0.15, 0.2) is 0 Å². The Morgan fingerprint density at radius 1 is 0.829 bits per heavy atom.